The van der Waals surface area contributed by atoms with Gasteiger partial charge >= 0.3 is 5.97 Å². The summed E-state index contributed by atoms with van der Waals surface area (Å²) in [5.74, 6) is -4.09. The maximum Gasteiger partial charge on any atom is 0.321 e. The van der Waals surface area contributed by atoms with Crippen molar-refractivity contribution in [3.05, 3.63) is 69.2 Å². The van der Waals surface area contributed by atoms with Crippen molar-refractivity contribution in [2.24, 2.45) is 5.41 Å². The van der Waals surface area contributed by atoms with E-state index in [2.05, 4.69) is 11.4 Å². The molecule has 4 nitrogen and oxygen atoms in total. The van der Waals surface area contributed by atoms with Gasteiger partial charge in [0.25, 0.3) is 0 Å². The van der Waals surface area contributed by atoms with E-state index in [-0.39, 0.29) is 26.6 Å². The Morgan fingerprint density at radius 3 is 2.48 bits per heavy atom. The first-order valence-electron chi connectivity index (χ1n) is 9.72. The number of halogens is 4. The van der Waals surface area contributed by atoms with Crippen molar-refractivity contribution in [3.63, 3.8) is 0 Å². The van der Waals surface area contributed by atoms with Crippen LogP contribution in [0.2, 0.25) is 10.0 Å². The Morgan fingerprint density at radius 1 is 1.26 bits per heavy atom. The summed E-state index contributed by atoms with van der Waals surface area (Å²) in [6.45, 7) is 5.79. The minimum absolute atomic E-state index is 0.0331. The molecule has 2 aromatic carbocycles. The molecule has 2 aromatic rings. The predicted octanol–water partition coefficient (Wildman–Crippen LogP) is 5.68. The van der Waals surface area contributed by atoms with Crippen LogP contribution in [0.1, 0.15) is 44.2 Å². The fraction of sp³-hybridized carbons (Fsp3) is 0.391. The molecule has 8 heteroatoms. The lowest BCUT2D eigenvalue weighted by Crippen LogP contribution is -2.44. The molecule has 1 heterocycles. The van der Waals surface area contributed by atoms with Crippen molar-refractivity contribution >= 4 is 29.2 Å². The van der Waals surface area contributed by atoms with Crippen molar-refractivity contribution in [2.75, 3.05) is 0 Å². The zero-order valence-corrected chi connectivity index (χ0v) is 18.7. The average molecular weight is 467 g/mol. The number of hydrogen-bond acceptors (Lipinski definition) is 3. The van der Waals surface area contributed by atoms with Crippen LogP contribution < -0.4 is 5.32 Å². The van der Waals surface area contributed by atoms with Crippen LogP contribution in [-0.4, -0.2) is 23.2 Å². The first kappa shape index (κ1) is 23.5. The van der Waals surface area contributed by atoms with Crippen LogP contribution in [-0.2, 0) is 10.2 Å². The van der Waals surface area contributed by atoms with Crippen molar-refractivity contribution in [2.45, 2.75) is 50.6 Å². The van der Waals surface area contributed by atoms with E-state index in [0.29, 0.717) is 6.42 Å². The molecule has 0 radical (unpaired) electrons. The SMILES string of the molecule is CC(C)(C)C[C@H]1N[C@H](C(=O)O)[C@@H](c2cccc(Cl)c2F)[C@]1(C#N)c1ccc(Cl)cc1F. The van der Waals surface area contributed by atoms with Crippen LogP contribution in [0.25, 0.3) is 0 Å². The summed E-state index contributed by atoms with van der Waals surface area (Å²) in [7, 11) is 0. The van der Waals surface area contributed by atoms with Gasteiger partial charge in [0, 0.05) is 22.5 Å². The van der Waals surface area contributed by atoms with Gasteiger partial charge in [0.05, 0.1) is 11.1 Å². The molecule has 0 bridgehead atoms. The molecule has 0 aromatic heterocycles. The van der Waals surface area contributed by atoms with E-state index in [1.807, 2.05) is 20.8 Å². The van der Waals surface area contributed by atoms with E-state index in [9.17, 15) is 15.2 Å². The number of carboxylic acids is 1. The summed E-state index contributed by atoms with van der Waals surface area (Å²) in [4.78, 5) is 12.2. The Bertz CT molecular complexity index is 1060. The van der Waals surface area contributed by atoms with Crippen LogP contribution in [0, 0.1) is 28.4 Å². The topological polar surface area (TPSA) is 73.1 Å². The van der Waals surface area contributed by atoms with Gasteiger partial charge in [-0.25, -0.2) is 8.78 Å². The third kappa shape index (κ3) is 4.15. The number of nitriles is 1. The Kier molecular flexibility index (Phi) is 6.35. The summed E-state index contributed by atoms with van der Waals surface area (Å²) >= 11 is 11.9. The van der Waals surface area contributed by atoms with Crippen molar-refractivity contribution in [3.8, 4) is 6.07 Å². The van der Waals surface area contributed by atoms with Crippen molar-refractivity contribution in [1.29, 1.82) is 5.26 Å². The summed E-state index contributed by atoms with van der Waals surface area (Å²) in [5.41, 5.74) is -2.15. The van der Waals surface area contributed by atoms with Gasteiger partial charge in [-0.3, -0.25) is 10.1 Å². The van der Waals surface area contributed by atoms with E-state index >= 15 is 8.78 Å². The van der Waals surface area contributed by atoms with Crippen LogP contribution in [0.15, 0.2) is 36.4 Å². The monoisotopic (exact) mass is 466 g/mol. The highest BCUT2D eigenvalue weighted by atomic mass is 35.5. The highest BCUT2D eigenvalue weighted by Gasteiger charge is 2.61. The van der Waals surface area contributed by atoms with Gasteiger partial charge in [-0.15, -0.1) is 0 Å². The molecular formula is C23H22Cl2F2N2O2. The van der Waals surface area contributed by atoms with Crippen LogP contribution >= 0.6 is 23.2 Å². The molecule has 1 aliphatic heterocycles. The van der Waals surface area contributed by atoms with Gasteiger partial charge in [-0.1, -0.05) is 62.2 Å². The summed E-state index contributed by atoms with van der Waals surface area (Å²) in [6, 6.07) is 8.16. The van der Waals surface area contributed by atoms with Gasteiger partial charge in [0.1, 0.15) is 23.1 Å². The Morgan fingerprint density at radius 2 is 1.94 bits per heavy atom. The number of rotatable bonds is 4. The number of nitrogens with zero attached hydrogens (tertiary/aromatic N) is 1. The fourth-order valence-corrected chi connectivity index (χ4v) is 4.88. The molecule has 0 saturated carbocycles. The summed E-state index contributed by atoms with van der Waals surface area (Å²) < 4.78 is 30.3. The van der Waals surface area contributed by atoms with Gasteiger partial charge < -0.3 is 5.11 Å². The van der Waals surface area contributed by atoms with E-state index in [1.165, 1.54) is 30.3 Å². The zero-order valence-electron chi connectivity index (χ0n) is 17.2. The van der Waals surface area contributed by atoms with Crippen molar-refractivity contribution in [1.82, 2.24) is 5.32 Å². The second-order valence-corrected chi connectivity index (χ2v) is 9.87. The van der Waals surface area contributed by atoms with E-state index in [4.69, 9.17) is 23.2 Å². The fourth-order valence-electron chi connectivity index (χ4n) is 4.54. The predicted molar refractivity (Wildman–Crippen MR) is 115 cm³/mol. The molecule has 31 heavy (non-hydrogen) atoms. The number of carboxylic acid groups (broad SMARTS) is 1. The van der Waals surface area contributed by atoms with Crippen molar-refractivity contribution < 1.29 is 18.7 Å². The second kappa shape index (κ2) is 8.38. The minimum Gasteiger partial charge on any atom is -0.480 e. The number of hydrogen-bond donors (Lipinski definition) is 2. The average Bonchev–Trinajstić information content (AvgIpc) is 2.97. The maximum atomic E-state index is 15.2. The molecular weight excluding hydrogens is 445 g/mol. The Labute approximate surface area is 189 Å². The smallest absolute Gasteiger partial charge is 0.321 e. The molecule has 1 fully saturated rings. The normalized spacial score (nSPS) is 25.9. The number of nitrogens with one attached hydrogen (secondary N) is 1. The van der Waals surface area contributed by atoms with E-state index in [1.54, 1.807) is 0 Å². The van der Waals surface area contributed by atoms with Crippen LogP contribution in [0.5, 0.6) is 0 Å². The molecule has 0 aliphatic carbocycles. The number of benzene rings is 2. The lowest BCUT2D eigenvalue weighted by molar-refractivity contribution is -0.139. The second-order valence-electron chi connectivity index (χ2n) is 9.03. The number of aliphatic carboxylic acids is 1. The van der Waals surface area contributed by atoms with Gasteiger partial charge in [-0.05, 0) is 35.6 Å². The molecule has 3 rings (SSSR count). The lowest BCUT2D eigenvalue weighted by Gasteiger charge is -2.37. The highest BCUT2D eigenvalue weighted by molar-refractivity contribution is 6.31. The Balaban J connectivity index is 2.38. The highest BCUT2D eigenvalue weighted by Crippen LogP contribution is 2.52. The quantitative estimate of drug-likeness (QED) is 0.607. The van der Waals surface area contributed by atoms with E-state index in [0.717, 1.165) is 6.07 Å². The molecule has 0 spiro atoms. The third-order valence-corrected chi connectivity index (χ3v) is 6.24. The molecule has 2 N–H and O–H groups in total. The largest absolute Gasteiger partial charge is 0.480 e. The van der Waals surface area contributed by atoms with Gasteiger partial charge in [-0.2, -0.15) is 5.26 Å². The molecule has 164 valence electrons. The minimum atomic E-state index is -1.73. The summed E-state index contributed by atoms with van der Waals surface area (Å²) in [5, 5.41) is 23.4. The van der Waals surface area contributed by atoms with Crippen LogP contribution in [0.4, 0.5) is 8.78 Å². The van der Waals surface area contributed by atoms with Gasteiger partial charge in [0.2, 0.25) is 0 Å². The van der Waals surface area contributed by atoms with Crippen LogP contribution in [0.3, 0.4) is 0 Å². The summed E-state index contributed by atoms with van der Waals surface area (Å²) in [6.07, 6.45) is 0.338. The Hall–Kier alpha value is -2.20. The van der Waals surface area contributed by atoms with Gasteiger partial charge in [0.15, 0.2) is 0 Å². The first-order valence-corrected chi connectivity index (χ1v) is 10.5. The standard InChI is InChI=1S/C23H22Cl2F2N2O2/c1-22(2,3)10-17-23(11-28,14-8-7-12(24)9-16(14)26)18(20(29-17)21(30)31)13-5-4-6-15(25)19(13)27/h4-9,17-18,20,29H,10H2,1-3H3,(H,30,31)/t17-,18-,20+,23-/m1/s1. The van der Waals surface area contributed by atoms with E-state index < -0.39 is 41.0 Å². The first-order chi connectivity index (χ1) is 14.4. The molecule has 1 saturated heterocycles. The molecule has 0 amide bonds. The molecule has 4 atom stereocenters. The third-order valence-electron chi connectivity index (χ3n) is 5.72. The molecule has 0 unspecified atom stereocenters. The lowest BCUT2D eigenvalue weighted by atomic mass is 9.62. The maximum absolute atomic E-state index is 15.2. The zero-order chi connectivity index (χ0) is 23.1. The number of carbonyl (C=O) groups is 1. The molecule has 1 aliphatic rings.